The van der Waals surface area contributed by atoms with Crippen LogP contribution in [0.1, 0.15) is 63.5 Å². The molecule has 0 aromatic heterocycles. The average Bonchev–Trinajstić information content (AvgIpc) is 2.39. The molecule has 1 aliphatic rings. The van der Waals surface area contributed by atoms with Crippen molar-refractivity contribution in [2.24, 2.45) is 17.8 Å². The van der Waals surface area contributed by atoms with Gasteiger partial charge in [-0.05, 0) is 49.5 Å². The maximum absolute atomic E-state index is 2.36. The maximum atomic E-state index is 2.36. The Kier molecular flexibility index (Phi) is 5.48. The molecule has 19 heavy (non-hydrogen) atoms. The Morgan fingerprint density at radius 1 is 0.947 bits per heavy atom. The number of hydrogen-bond donors (Lipinski definition) is 0. The highest BCUT2D eigenvalue weighted by Crippen LogP contribution is 2.34. The van der Waals surface area contributed by atoms with Crippen LogP contribution in [0, 0.1) is 24.7 Å². The van der Waals surface area contributed by atoms with Crippen molar-refractivity contribution in [3.8, 4) is 0 Å². The van der Waals surface area contributed by atoms with Gasteiger partial charge >= 0.3 is 0 Å². The zero-order valence-corrected chi connectivity index (χ0v) is 13.0. The molecule has 0 atom stereocenters. The number of benzene rings is 1. The lowest BCUT2D eigenvalue weighted by atomic mass is 9.77. The topological polar surface area (TPSA) is 0 Å². The van der Waals surface area contributed by atoms with Gasteiger partial charge in [0.25, 0.3) is 0 Å². The zero-order chi connectivity index (χ0) is 13.7. The minimum absolute atomic E-state index is 0.883. The molecule has 1 saturated carbocycles. The van der Waals surface area contributed by atoms with Gasteiger partial charge in [-0.2, -0.15) is 0 Å². The van der Waals surface area contributed by atoms with Crippen molar-refractivity contribution in [3.63, 3.8) is 0 Å². The van der Waals surface area contributed by atoms with Crippen LogP contribution in [-0.2, 0) is 6.42 Å². The third kappa shape index (κ3) is 5.01. The van der Waals surface area contributed by atoms with Gasteiger partial charge in [0, 0.05) is 0 Å². The second-order valence-electron chi connectivity index (χ2n) is 7.04. The van der Waals surface area contributed by atoms with Crippen LogP contribution in [0.5, 0.6) is 0 Å². The second-order valence-corrected chi connectivity index (χ2v) is 7.04. The minimum Gasteiger partial charge on any atom is -0.0628 e. The van der Waals surface area contributed by atoms with Crippen molar-refractivity contribution in [2.75, 3.05) is 0 Å². The van der Waals surface area contributed by atoms with Gasteiger partial charge in [0.2, 0.25) is 0 Å². The minimum atomic E-state index is 0.883. The van der Waals surface area contributed by atoms with E-state index in [0.717, 1.165) is 17.8 Å². The Morgan fingerprint density at radius 2 is 1.53 bits per heavy atom. The van der Waals surface area contributed by atoms with Crippen LogP contribution in [-0.4, -0.2) is 0 Å². The molecule has 1 aliphatic carbocycles. The molecule has 0 bridgehead atoms. The molecule has 0 N–H and O–H groups in total. The summed E-state index contributed by atoms with van der Waals surface area (Å²) in [6.45, 7) is 6.90. The Hall–Kier alpha value is -0.780. The highest BCUT2D eigenvalue weighted by atomic mass is 14.3. The predicted molar refractivity (Wildman–Crippen MR) is 84.4 cm³/mol. The zero-order valence-electron chi connectivity index (χ0n) is 13.0. The third-order valence-corrected chi connectivity index (χ3v) is 4.73. The third-order valence-electron chi connectivity index (χ3n) is 4.73. The summed E-state index contributed by atoms with van der Waals surface area (Å²) in [5, 5.41) is 0. The standard InChI is InChI=1S/C19H30/c1-15(2)14-19-12-10-18(11-13-19)9-8-17-6-4-16(3)5-7-17/h4-7,15,18-19H,8-14H2,1-3H3. The number of aryl methyl sites for hydroxylation is 2. The van der Waals surface area contributed by atoms with Crippen molar-refractivity contribution in [1.29, 1.82) is 0 Å². The molecular formula is C19H30. The summed E-state index contributed by atoms with van der Waals surface area (Å²) in [5.74, 6) is 2.90. The quantitative estimate of drug-likeness (QED) is 0.628. The fourth-order valence-electron chi connectivity index (χ4n) is 3.55. The highest BCUT2D eigenvalue weighted by molar-refractivity contribution is 5.21. The fraction of sp³-hybridized carbons (Fsp3) is 0.684. The Balaban J connectivity index is 1.69. The van der Waals surface area contributed by atoms with Crippen LogP contribution >= 0.6 is 0 Å². The SMILES string of the molecule is Cc1ccc(CCC2CCC(CC(C)C)CC2)cc1. The second kappa shape index (κ2) is 7.12. The smallest absolute Gasteiger partial charge is 0.0276 e. The fourth-order valence-corrected chi connectivity index (χ4v) is 3.55. The molecule has 0 amide bonds. The van der Waals surface area contributed by atoms with Crippen molar-refractivity contribution < 1.29 is 0 Å². The molecule has 1 aromatic rings. The molecule has 1 fully saturated rings. The van der Waals surface area contributed by atoms with Gasteiger partial charge in [-0.25, -0.2) is 0 Å². The monoisotopic (exact) mass is 258 g/mol. The summed E-state index contributed by atoms with van der Waals surface area (Å²) in [6, 6.07) is 9.10. The maximum Gasteiger partial charge on any atom is -0.0276 e. The molecule has 1 aromatic carbocycles. The van der Waals surface area contributed by atoms with Gasteiger partial charge in [0.1, 0.15) is 0 Å². The average molecular weight is 258 g/mol. The number of hydrogen-bond acceptors (Lipinski definition) is 0. The molecule has 0 heteroatoms. The van der Waals surface area contributed by atoms with Gasteiger partial charge in [-0.3, -0.25) is 0 Å². The van der Waals surface area contributed by atoms with Crippen LogP contribution in [0.25, 0.3) is 0 Å². The van der Waals surface area contributed by atoms with Crippen molar-refractivity contribution in [3.05, 3.63) is 35.4 Å². The Morgan fingerprint density at radius 3 is 2.11 bits per heavy atom. The molecule has 0 saturated heterocycles. The molecule has 0 radical (unpaired) electrons. The van der Waals surface area contributed by atoms with Crippen LogP contribution in [0.4, 0.5) is 0 Å². The summed E-state index contributed by atoms with van der Waals surface area (Å²) in [5.41, 5.74) is 2.90. The number of rotatable bonds is 5. The lowest BCUT2D eigenvalue weighted by Crippen LogP contribution is -2.16. The molecule has 0 unspecified atom stereocenters. The lowest BCUT2D eigenvalue weighted by Gasteiger charge is -2.29. The first-order valence-electron chi connectivity index (χ1n) is 8.19. The first-order chi connectivity index (χ1) is 9.13. The first kappa shape index (κ1) is 14.6. The lowest BCUT2D eigenvalue weighted by molar-refractivity contribution is 0.236. The van der Waals surface area contributed by atoms with Crippen molar-refractivity contribution in [2.45, 2.75) is 65.7 Å². The van der Waals surface area contributed by atoms with E-state index < -0.39 is 0 Å². The molecule has 2 rings (SSSR count). The van der Waals surface area contributed by atoms with E-state index in [4.69, 9.17) is 0 Å². The van der Waals surface area contributed by atoms with Crippen LogP contribution in [0.3, 0.4) is 0 Å². The normalized spacial score (nSPS) is 23.8. The summed E-state index contributed by atoms with van der Waals surface area (Å²) in [7, 11) is 0. The van der Waals surface area contributed by atoms with Gasteiger partial charge in [0.05, 0.1) is 0 Å². The van der Waals surface area contributed by atoms with E-state index in [0.29, 0.717) is 0 Å². The van der Waals surface area contributed by atoms with Crippen LogP contribution in [0.2, 0.25) is 0 Å². The van der Waals surface area contributed by atoms with E-state index in [2.05, 4.69) is 45.0 Å². The molecule has 0 heterocycles. The van der Waals surface area contributed by atoms with Gasteiger partial charge in [-0.1, -0.05) is 69.4 Å². The predicted octanol–water partition coefficient (Wildman–Crippen LogP) is 5.78. The van der Waals surface area contributed by atoms with E-state index in [9.17, 15) is 0 Å². The van der Waals surface area contributed by atoms with Crippen LogP contribution < -0.4 is 0 Å². The summed E-state index contributed by atoms with van der Waals surface area (Å²) in [4.78, 5) is 0. The van der Waals surface area contributed by atoms with Crippen molar-refractivity contribution >= 4 is 0 Å². The molecule has 0 nitrogen and oxygen atoms in total. The molecule has 0 spiro atoms. The van der Waals surface area contributed by atoms with Crippen LogP contribution in [0.15, 0.2) is 24.3 Å². The van der Waals surface area contributed by atoms with Crippen molar-refractivity contribution in [1.82, 2.24) is 0 Å². The van der Waals surface area contributed by atoms with E-state index in [1.54, 1.807) is 0 Å². The highest BCUT2D eigenvalue weighted by Gasteiger charge is 2.21. The Labute approximate surface area is 119 Å². The van der Waals surface area contributed by atoms with Gasteiger partial charge in [0.15, 0.2) is 0 Å². The molecular weight excluding hydrogens is 228 g/mol. The van der Waals surface area contributed by atoms with Gasteiger partial charge in [-0.15, -0.1) is 0 Å². The molecule has 0 aliphatic heterocycles. The van der Waals surface area contributed by atoms with E-state index in [1.165, 1.54) is 56.1 Å². The van der Waals surface area contributed by atoms with Gasteiger partial charge < -0.3 is 0 Å². The van der Waals surface area contributed by atoms with E-state index >= 15 is 0 Å². The molecule has 106 valence electrons. The largest absolute Gasteiger partial charge is 0.0628 e. The van der Waals surface area contributed by atoms with E-state index in [-0.39, 0.29) is 0 Å². The Bertz CT molecular complexity index is 352. The van der Waals surface area contributed by atoms with E-state index in [1.807, 2.05) is 0 Å². The summed E-state index contributed by atoms with van der Waals surface area (Å²) < 4.78 is 0. The summed E-state index contributed by atoms with van der Waals surface area (Å²) in [6.07, 6.45) is 10.0. The summed E-state index contributed by atoms with van der Waals surface area (Å²) >= 11 is 0. The first-order valence-corrected chi connectivity index (χ1v) is 8.19.